The van der Waals surface area contributed by atoms with Crippen LogP contribution in [0.15, 0.2) is 0 Å². The summed E-state index contributed by atoms with van der Waals surface area (Å²) in [6, 6.07) is 0. The molecule has 1 aliphatic carbocycles. The Labute approximate surface area is 135 Å². The number of likely N-dealkylation sites (tertiary alicyclic amines) is 1. The number of rotatable bonds is 6. The predicted octanol–water partition coefficient (Wildman–Crippen LogP) is 1.49. The highest BCUT2D eigenvalue weighted by Gasteiger charge is 2.33. The fourth-order valence-corrected chi connectivity index (χ4v) is 4.03. The minimum absolute atomic E-state index is 0.452. The third-order valence-electron chi connectivity index (χ3n) is 5.75. The van der Waals surface area contributed by atoms with Crippen molar-refractivity contribution in [3.63, 3.8) is 0 Å². The van der Waals surface area contributed by atoms with Crippen molar-refractivity contribution in [1.29, 1.82) is 0 Å². The summed E-state index contributed by atoms with van der Waals surface area (Å²) >= 11 is 0. The first-order valence-corrected chi connectivity index (χ1v) is 9.09. The Morgan fingerprint density at radius 1 is 0.909 bits per heavy atom. The third-order valence-corrected chi connectivity index (χ3v) is 5.75. The lowest BCUT2D eigenvalue weighted by molar-refractivity contribution is -0.126. The lowest BCUT2D eigenvalue weighted by atomic mass is 9.91. The normalized spacial score (nSPS) is 33.0. The second kappa shape index (κ2) is 8.06. The molecule has 22 heavy (non-hydrogen) atoms. The van der Waals surface area contributed by atoms with Gasteiger partial charge in [-0.1, -0.05) is 0 Å². The van der Waals surface area contributed by atoms with Crippen molar-refractivity contribution in [3.8, 4) is 0 Å². The van der Waals surface area contributed by atoms with E-state index >= 15 is 0 Å². The van der Waals surface area contributed by atoms with Crippen molar-refractivity contribution >= 4 is 0 Å². The van der Waals surface area contributed by atoms with Gasteiger partial charge in [-0.25, -0.2) is 5.01 Å². The molecule has 5 heteroatoms. The molecule has 2 heterocycles. The van der Waals surface area contributed by atoms with Crippen LogP contribution in [0.5, 0.6) is 0 Å². The van der Waals surface area contributed by atoms with Crippen molar-refractivity contribution in [2.24, 2.45) is 5.92 Å². The SMILES string of the molecule is CNN1CCC(CN2CCC(OC3CC(OC)C3)CC2)CC1. The third kappa shape index (κ3) is 4.42. The fourth-order valence-electron chi connectivity index (χ4n) is 4.03. The smallest absolute Gasteiger partial charge is 0.0628 e. The lowest BCUT2D eigenvalue weighted by Gasteiger charge is -2.40. The highest BCUT2D eigenvalue weighted by molar-refractivity contribution is 4.84. The second-order valence-corrected chi connectivity index (χ2v) is 7.24. The molecule has 1 N–H and O–H groups in total. The number of methoxy groups -OCH3 is 1. The highest BCUT2D eigenvalue weighted by Crippen LogP contribution is 2.29. The maximum atomic E-state index is 6.20. The molecule has 0 aromatic rings. The molecule has 3 fully saturated rings. The lowest BCUT2D eigenvalue weighted by Crippen LogP contribution is -2.46. The Bertz CT molecular complexity index is 320. The van der Waals surface area contributed by atoms with E-state index in [1.54, 1.807) is 7.11 Å². The Kier molecular flexibility index (Phi) is 6.10. The molecule has 3 aliphatic rings. The first kappa shape index (κ1) is 16.7. The van der Waals surface area contributed by atoms with Crippen molar-refractivity contribution < 1.29 is 9.47 Å². The van der Waals surface area contributed by atoms with Crippen molar-refractivity contribution in [2.75, 3.05) is 46.9 Å². The summed E-state index contributed by atoms with van der Waals surface area (Å²) in [7, 11) is 3.84. The van der Waals surface area contributed by atoms with Crippen LogP contribution in [0.2, 0.25) is 0 Å². The topological polar surface area (TPSA) is 37.0 Å². The molecule has 2 aliphatic heterocycles. The molecule has 0 atom stereocenters. The first-order valence-electron chi connectivity index (χ1n) is 9.09. The van der Waals surface area contributed by atoms with Crippen molar-refractivity contribution in [1.82, 2.24) is 15.3 Å². The van der Waals surface area contributed by atoms with Crippen LogP contribution in [-0.4, -0.2) is 75.1 Å². The van der Waals surface area contributed by atoms with E-state index in [1.165, 1.54) is 58.4 Å². The summed E-state index contributed by atoms with van der Waals surface area (Å²) in [6.07, 6.45) is 8.69. The molecule has 1 saturated carbocycles. The molecule has 0 radical (unpaired) electrons. The van der Waals surface area contributed by atoms with Crippen LogP contribution >= 0.6 is 0 Å². The summed E-state index contributed by atoms with van der Waals surface area (Å²) in [5, 5.41) is 2.34. The molecular formula is C17H33N3O2. The van der Waals surface area contributed by atoms with Gasteiger partial charge in [0.15, 0.2) is 0 Å². The minimum Gasteiger partial charge on any atom is -0.381 e. The van der Waals surface area contributed by atoms with Crippen molar-refractivity contribution in [2.45, 2.75) is 56.8 Å². The summed E-state index contributed by atoms with van der Waals surface area (Å²) in [4.78, 5) is 2.66. The average molecular weight is 311 g/mol. The van der Waals surface area contributed by atoms with Gasteiger partial charge in [0.1, 0.15) is 0 Å². The molecule has 3 rings (SSSR count). The van der Waals surface area contributed by atoms with Gasteiger partial charge in [0, 0.05) is 39.8 Å². The molecule has 2 saturated heterocycles. The fraction of sp³-hybridized carbons (Fsp3) is 1.00. The number of hydrogen-bond donors (Lipinski definition) is 1. The maximum Gasteiger partial charge on any atom is 0.0628 e. The standard InChI is InChI=1S/C17H33N3O2/c1-18-20-9-3-14(4-10-20)13-19-7-5-15(6-8-19)22-17-11-16(12-17)21-2/h14-18H,3-13H2,1-2H3. The van der Waals surface area contributed by atoms with Crippen LogP contribution < -0.4 is 5.43 Å². The van der Waals surface area contributed by atoms with E-state index in [0.717, 1.165) is 18.8 Å². The van der Waals surface area contributed by atoms with Gasteiger partial charge in [-0.2, -0.15) is 0 Å². The second-order valence-electron chi connectivity index (χ2n) is 7.24. The Morgan fingerprint density at radius 3 is 2.18 bits per heavy atom. The number of nitrogens with zero attached hydrogens (tertiary/aromatic N) is 2. The van der Waals surface area contributed by atoms with Gasteiger partial charge >= 0.3 is 0 Å². The van der Waals surface area contributed by atoms with Gasteiger partial charge in [-0.05, 0) is 51.5 Å². The largest absolute Gasteiger partial charge is 0.381 e. The van der Waals surface area contributed by atoms with Gasteiger partial charge in [-0.15, -0.1) is 0 Å². The monoisotopic (exact) mass is 311 g/mol. The predicted molar refractivity (Wildman–Crippen MR) is 87.7 cm³/mol. The summed E-state index contributed by atoms with van der Waals surface area (Å²) < 4.78 is 11.5. The molecule has 0 aromatic carbocycles. The van der Waals surface area contributed by atoms with Crippen LogP contribution in [0.25, 0.3) is 0 Å². The Morgan fingerprint density at radius 2 is 1.59 bits per heavy atom. The van der Waals surface area contributed by atoms with E-state index in [1.807, 2.05) is 7.05 Å². The molecular weight excluding hydrogens is 278 g/mol. The number of hydrazine groups is 1. The zero-order valence-electron chi connectivity index (χ0n) is 14.3. The molecule has 5 nitrogen and oxygen atoms in total. The minimum atomic E-state index is 0.452. The zero-order chi connectivity index (χ0) is 15.4. The quantitative estimate of drug-likeness (QED) is 0.804. The van der Waals surface area contributed by atoms with Gasteiger partial charge in [0.25, 0.3) is 0 Å². The summed E-state index contributed by atoms with van der Waals surface area (Å²) in [5.74, 6) is 0.885. The number of hydrogen-bond acceptors (Lipinski definition) is 5. The highest BCUT2D eigenvalue weighted by atomic mass is 16.5. The van der Waals surface area contributed by atoms with E-state index in [0.29, 0.717) is 18.3 Å². The zero-order valence-corrected chi connectivity index (χ0v) is 14.3. The van der Waals surface area contributed by atoms with Crippen LogP contribution in [0.4, 0.5) is 0 Å². The molecule has 0 spiro atoms. The van der Waals surface area contributed by atoms with E-state index in [-0.39, 0.29) is 0 Å². The molecule has 128 valence electrons. The van der Waals surface area contributed by atoms with E-state index in [9.17, 15) is 0 Å². The van der Waals surface area contributed by atoms with E-state index < -0.39 is 0 Å². The average Bonchev–Trinajstić information content (AvgIpc) is 2.53. The van der Waals surface area contributed by atoms with Gasteiger partial charge < -0.3 is 14.4 Å². The molecule has 0 aromatic heterocycles. The number of ether oxygens (including phenoxy) is 2. The summed E-state index contributed by atoms with van der Waals surface area (Å²) in [6.45, 7) is 6.13. The molecule has 0 unspecified atom stereocenters. The van der Waals surface area contributed by atoms with E-state index in [2.05, 4.69) is 15.3 Å². The Balaban J connectivity index is 1.29. The first-order chi connectivity index (χ1) is 10.8. The molecule has 0 bridgehead atoms. The Hall–Kier alpha value is -0.200. The van der Waals surface area contributed by atoms with Crippen LogP contribution in [-0.2, 0) is 9.47 Å². The van der Waals surface area contributed by atoms with E-state index in [4.69, 9.17) is 9.47 Å². The van der Waals surface area contributed by atoms with Crippen molar-refractivity contribution in [3.05, 3.63) is 0 Å². The van der Waals surface area contributed by atoms with Crippen LogP contribution in [0.1, 0.15) is 38.5 Å². The summed E-state index contributed by atoms with van der Waals surface area (Å²) in [5.41, 5.74) is 3.26. The van der Waals surface area contributed by atoms with Crippen LogP contribution in [0.3, 0.4) is 0 Å². The van der Waals surface area contributed by atoms with Gasteiger partial charge in [0.2, 0.25) is 0 Å². The van der Waals surface area contributed by atoms with Crippen LogP contribution in [0, 0.1) is 5.92 Å². The van der Waals surface area contributed by atoms with Gasteiger partial charge in [0.05, 0.1) is 18.3 Å². The number of piperidine rings is 2. The van der Waals surface area contributed by atoms with Gasteiger partial charge in [-0.3, -0.25) is 5.43 Å². The maximum absolute atomic E-state index is 6.20. The molecule has 0 amide bonds. The number of nitrogens with one attached hydrogen (secondary N) is 1.